The Morgan fingerprint density at radius 1 is 1.26 bits per heavy atom. The molecule has 0 aromatic heterocycles. The first-order chi connectivity index (χ1) is 9.10. The maximum Gasteiger partial charge on any atom is 0.308 e. The van der Waals surface area contributed by atoms with Crippen molar-refractivity contribution in [3.8, 4) is 0 Å². The summed E-state index contributed by atoms with van der Waals surface area (Å²) in [5, 5.41) is 5.81. The Kier molecular flexibility index (Phi) is 4.74. The summed E-state index contributed by atoms with van der Waals surface area (Å²) in [7, 11) is 1.40. The molecule has 2 N–H and O–H groups in total. The molecular formula is C13H21FN2O3. The molecule has 1 saturated heterocycles. The number of carbonyl (C=O) groups excluding carboxylic acids is 2. The maximum absolute atomic E-state index is 13.0. The molecule has 0 aromatic rings. The summed E-state index contributed by atoms with van der Waals surface area (Å²) in [5.41, 5.74) is 0. The summed E-state index contributed by atoms with van der Waals surface area (Å²) >= 11 is 0. The largest absolute Gasteiger partial charge is 0.469 e. The van der Waals surface area contributed by atoms with E-state index in [4.69, 9.17) is 4.74 Å². The number of nitrogens with one attached hydrogen (secondary N) is 2. The molecule has 5 nitrogen and oxygen atoms in total. The van der Waals surface area contributed by atoms with Crippen LogP contribution in [0, 0.1) is 5.92 Å². The molecule has 1 aliphatic carbocycles. The summed E-state index contributed by atoms with van der Waals surface area (Å²) in [6.07, 6.45) is 2.35. The molecule has 0 radical (unpaired) electrons. The average Bonchev–Trinajstić information content (AvgIpc) is 2.85. The Labute approximate surface area is 112 Å². The van der Waals surface area contributed by atoms with Crippen molar-refractivity contribution in [2.24, 2.45) is 5.92 Å². The summed E-state index contributed by atoms with van der Waals surface area (Å²) < 4.78 is 17.7. The van der Waals surface area contributed by atoms with Crippen LogP contribution in [-0.2, 0) is 14.3 Å². The lowest BCUT2D eigenvalue weighted by Gasteiger charge is -2.28. The lowest BCUT2D eigenvalue weighted by atomic mass is 9.86. The number of esters is 1. The standard InChI is InChI=1S/C13H21FN2O3/c1-19-13(18)8-2-4-10(5-3-8)16-12(17)11-6-9(14)7-15-11/h8-11,15H,2-7H2,1H3,(H,16,17)/t8?,9-,10?,11-/m0/s1. The van der Waals surface area contributed by atoms with Gasteiger partial charge in [-0.2, -0.15) is 0 Å². The van der Waals surface area contributed by atoms with Gasteiger partial charge in [0.2, 0.25) is 5.91 Å². The SMILES string of the molecule is COC(=O)C1CCC(NC(=O)[C@@H]2C[C@H](F)CN2)CC1. The molecule has 1 aliphatic heterocycles. The molecule has 108 valence electrons. The predicted molar refractivity (Wildman–Crippen MR) is 67.2 cm³/mol. The zero-order valence-electron chi connectivity index (χ0n) is 11.2. The van der Waals surface area contributed by atoms with Gasteiger partial charge in [0.15, 0.2) is 0 Å². The Hall–Kier alpha value is -1.17. The van der Waals surface area contributed by atoms with Gasteiger partial charge in [-0.3, -0.25) is 9.59 Å². The van der Waals surface area contributed by atoms with E-state index in [-0.39, 0.29) is 36.8 Å². The second-order valence-corrected chi connectivity index (χ2v) is 5.37. The number of hydrogen-bond acceptors (Lipinski definition) is 4. The van der Waals surface area contributed by atoms with Crippen molar-refractivity contribution in [1.29, 1.82) is 0 Å². The monoisotopic (exact) mass is 272 g/mol. The average molecular weight is 272 g/mol. The van der Waals surface area contributed by atoms with E-state index in [1.165, 1.54) is 7.11 Å². The Balaban J connectivity index is 1.73. The van der Waals surface area contributed by atoms with Crippen LogP contribution >= 0.6 is 0 Å². The van der Waals surface area contributed by atoms with Gasteiger partial charge in [-0.15, -0.1) is 0 Å². The lowest BCUT2D eigenvalue weighted by molar-refractivity contribution is -0.146. The third-order valence-electron chi connectivity index (χ3n) is 4.00. The van der Waals surface area contributed by atoms with Crippen LogP contribution in [0.1, 0.15) is 32.1 Å². The summed E-state index contributed by atoms with van der Waals surface area (Å²) in [4.78, 5) is 23.3. The van der Waals surface area contributed by atoms with Crippen molar-refractivity contribution < 1.29 is 18.7 Å². The lowest BCUT2D eigenvalue weighted by Crippen LogP contribution is -2.46. The Morgan fingerprint density at radius 3 is 2.47 bits per heavy atom. The number of ether oxygens (including phenoxy) is 1. The quantitative estimate of drug-likeness (QED) is 0.736. The first kappa shape index (κ1) is 14.2. The van der Waals surface area contributed by atoms with Crippen LogP contribution in [0.4, 0.5) is 4.39 Å². The van der Waals surface area contributed by atoms with Gasteiger partial charge in [0.05, 0.1) is 19.1 Å². The van der Waals surface area contributed by atoms with Gasteiger partial charge in [-0.05, 0) is 25.7 Å². The number of hydrogen-bond donors (Lipinski definition) is 2. The van der Waals surface area contributed by atoms with Crippen molar-refractivity contribution in [3.63, 3.8) is 0 Å². The van der Waals surface area contributed by atoms with Gasteiger partial charge >= 0.3 is 5.97 Å². The normalized spacial score (nSPS) is 34.8. The molecule has 0 bridgehead atoms. The Morgan fingerprint density at radius 2 is 1.95 bits per heavy atom. The van der Waals surface area contributed by atoms with E-state index in [2.05, 4.69) is 10.6 Å². The molecule has 2 rings (SSSR count). The Bertz CT molecular complexity index is 343. The van der Waals surface area contributed by atoms with E-state index in [0.29, 0.717) is 0 Å². The number of carbonyl (C=O) groups is 2. The third-order valence-corrected chi connectivity index (χ3v) is 4.00. The second kappa shape index (κ2) is 6.32. The molecule has 1 amide bonds. The van der Waals surface area contributed by atoms with Crippen LogP contribution < -0.4 is 10.6 Å². The van der Waals surface area contributed by atoms with E-state index in [9.17, 15) is 14.0 Å². The van der Waals surface area contributed by atoms with Crippen LogP contribution in [0.2, 0.25) is 0 Å². The number of rotatable bonds is 3. The fourth-order valence-corrected chi connectivity index (χ4v) is 2.83. The van der Waals surface area contributed by atoms with Crippen LogP contribution in [0.3, 0.4) is 0 Å². The smallest absolute Gasteiger partial charge is 0.308 e. The molecule has 0 unspecified atom stereocenters. The summed E-state index contributed by atoms with van der Waals surface area (Å²) in [5.74, 6) is -0.331. The molecule has 1 saturated carbocycles. The highest BCUT2D eigenvalue weighted by atomic mass is 19.1. The van der Waals surface area contributed by atoms with Gasteiger partial charge < -0.3 is 15.4 Å². The highest BCUT2D eigenvalue weighted by molar-refractivity contribution is 5.82. The van der Waals surface area contributed by atoms with Crippen LogP contribution in [0.15, 0.2) is 0 Å². The number of halogens is 1. The highest BCUT2D eigenvalue weighted by Crippen LogP contribution is 2.25. The van der Waals surface area contributed by atoms with Gasteiger partial charge in [0.25, 0.3) is 0 Å². The van der Waals surface area contributed by atoms with Crippen LogP contribution in [0.5, 0.6) is 0 Å². The van der Waals surface area contributed by atoms with Crippen molar-refractivity contribution in [2.75, 3.05) is 13.7 Å². The third kappa shape index (κ3) is 3.65. The van der Waals surface area contributed by atoms with E-state index < -0.39 is 12.2 Å². The second-order valence-electron chi connectivity index (χ2n) is 5.37. The number of methoxy groups -OCH3 is 1. The van der Waals surface area contributed by atoms with Gasteiger partial charge in [-0.1, -0.05) is 0 Å². The van der Waals surface area contributed by atoms with Gasteiger partial charge in [0.1, 0.15) is 6.17 Å². The predicted octanol–water partition coefficient (Wildman–Crippen LogP) is 0.534. The molecule has 0 spiro atoms. The van der Waals surface area contributed by atoms with Crippen LogP contribution in [0.25, 0.3) is 0 Å². The first-order valence-electron chi connectivity index (χ1n) is 6.85. The minimum atomic E-state index is -0.925. The minimum Gasteiger partial charge on any atom is -0.469 e. The fraction of sp³-hybridized carbons (Fsp3) is 0.846. The van der Waals surface area contributed by atoms with Crippen LogP contribution in [-0.4, -0.2) is 43.8 Å². The molecule has 2 fully saturated rings. The van der Waals surface area contributed by atoms with Crippen molar-refractivity contribution in [2.45, 2.75) is 50.4 Å². The topological polar surface area (TPSA) is 67.4 Å². The van der Waals surface area contributed by atoms with E-state index >= 15 is 0 Å². The molecule has 19 heavy (non-hydrogen) atoms. The molecule has 6 heteroatoms. The summed E-state index contributed by atoms with van der Waals surface area (Å²) in [6, 6.07) is -0.317. The molecule has 0 aromatic carbocycles. The zero-order valence-corrected chi connectivity index (χ0v) is 11.2. The zero-order chi connectivity index (χ0) is 13.8. The van der Waals surface area contributed by atoms with Crippen molar-refractivity contribution in [1.82, 2.24) is 10.6 Å². The van der Waals surface area contributed by atoms with Crippen molar-refractivity contribution in [3.05, 3.63) is 0 Å². The molecule has 1 heterocycles. The van der Waals surface area contributed by atoms with Gasteiger partial charge in [-0.25, -0.2) is 4.39 Å². The minimum absolute atomic E-state index is 0.0435. The first-order valence-corrected chi connectivity index (χ1v) is 6.85. The number of amides is 1. The van der Waals surface area contributed by atoms with Crippen molar-refractivity contribution >= 4 is 11.9 Å². The molecule has 2 atom stereocenters. The van der Waals surface area contributed by atoms with E-state index in [0.717, 1.165) is 25.7 Å². The maximum atomic E-state index is 13.0. The van der Waals surface area contributed by atoms with E-state index in [1.54, 1.807) is 0 Å². The molecular weight excluding hydrogens is 251 g/mol. The fourth-order valence-electron chi connectivity index (χ4n) is 2.83. The molecule has 2 aliphatic rings. The van der Waals surface area contributed by atoms with Gasteiger partial charge in [0, 0.05) is 19.0 Å². The number of alkyl halides is 1. The van der Waals surface area contributed by atoms with E-state index in [1.807, 2.05) is 0 Å². The summed E-state index contributed by atoms with van der Waals surface area (Å²) in [6.45, 7) is 0.257. The highest BCUT2D eigenvalue weighted by Gasteiger charge is 2.32.